The monoisotopic (exact) mass is 364 g/mol. The maximum absolute atomic E-state index is 12.5. The van der Waals surface area contributed by atoms with Crippen LogP contribution in [-0.2, 0) is 6.61 Å². The fourth-order valence-corrected chi connectivity index (χ4v) is 3.01. The van der Waals surface area contributed by atoms with Gasteiger partial charge in [-0.15, -0.1) is 0 Å². The predicted molar refractivity (Wildman–Crippen MR) is 103 cm³/mol. The summed E-state index contributed by atoms with van der Waals surface area (Å²) < 4.78 is 5.22. The van der Waals surface area contributed by atoms with Gasteiger partial charge in [-0.05, 0) is 17.7 Å². The maximum atomic E-state index is 12.5. The molecule has 2 aromatic carbocycles. The summed E-state index contributed by atoms with van der Waals surface area (Å²) >= 11 is 0. The number of ketones is 2. The molecule has 0 aliphatic carbocycles. The van der Waals surface area contributed by atoms with Gasteiger partial charge in [0.25, 0.3) is 0 Å². The van der Waals surface area contributed by atoms with Crippen molar-refractivity contribution in [3.05, 3.63) is 65.2 Å². The first-order valence-electron chi connectivity index (χ1n) is 8.61. The Labute approximate surface area is 157 Å². The maximum Gasteiger partial charge on any atom is 0.172 e. The highest BCUT2D eigenvalue weighted by atomic mass is 16.5. The minimum absolute atomic E-state index is 0.0976. The molecule has 3 rings (SSSR count). The second-order valence-corrected chi connectivity index (χ2v) is 6.22. The third kappa shape index (κ3) is 4.35. The summed E-state index contributed by atoms with van der Waals surface area (Å²) in [7, 11) is 1.52. The van der Waals surface area contributed by atoms with Crippen LogP contribution in [0, 0.1) is 0 Å². The predicted octanol–water partition coefficient (Wildman–Crippen LogP) is 3.23. The number of hydrogen-bond acceptors (Lipinski definition) is 6. The van der Waals surface area contributed by atoms with Crippen LogP contribution in [0.2, 0.25) is 0 Å². The Bertz CT molecular complexity index is 856. The number of benzene rings is 2. The van der Waals surface area contributed by atoms with Gasteiger partial charge in [0.1, 0.15) is 5.75 Å². The van der Waals surface area contributed by atoms with Crippen molar-refractivity contribution in [3.63, 3.8) is 0 Å². The van der Waals surface area contributed by atoms with Crippen LogP contribution in [0.4, 0.5) is 0 Å². The van der Waals surface area contributed by atoms with Crippen LogP contribution < -0.4 is 4.74 Å². The molecule has 0 radical (unpaired) electrons. The zero-order valence-corrected chi connectivity index (χ0v) is 15.0. The lowest BCUT2D eigenvalue weighted by Crippen LogP contribution is -2.13. The van der Waals surface area contributed by atoms with E-state index in [2.05, 4.69) is 10.2 Å². The van der Waals surface area contributed by atoms with Crippen LogP contribution in [0.3, 0.4) is 0 Å². The molecule has 138 valence electrons. The highest BCUT2D eigenvalue weighted by Crippen LogP contribution is 2.21. The van der Waals surface area contributed by atoms with E-state index >= 15 is 0 Å². The summed E-state index contributed by atoms with van der Waals surface area (Å²) in [6.45, 7) is -0.191. The van der Waals surface area contributed by atoms with Gasteiger partial charge in [0.2, 0.25) is 0 Å². The van der Waals surface area contributed by atoms with Crippen molar-refractivity contribution in [2.45, 2.75) is 25.9 Å². The molecule has 0 bridgehead atoms. The highest BCUT2D eigenvalue weighted by molar-refractivity contribution is 6.21. The van der Waals surface area contributed by atoms with E-state index in [4.69, 9.17) is 4.74 Å². The number of aliphatic hydroxyl groups is 1. The van der Waals surface area contributed by atoms with E-state index in [1.165, 1.54) is 7.11 Å². The standard InChI is InChI=1S/C21H20N2O4/c1-27-21-9-5-4-8-18(21)20(26)12-16-10-15(22-23-16)11-19(25)17-7-3-2-6-14(17)13-24/h2-9,24H,10-13H2,1H3. The minimum atomic E-state index is -0.191. The smallest absolute Gasteiger partial charge is 0.172 e. The second kappa shape index (κ2) is 8.51. The molecule has 1 aliphatic heterocycles. The van der Waals surface area contributed by atoms with Crippen molar-refractivity contribution in [1.29, 1.82) is 0 Å². The van der Waals surface area contributed by atoms with Crippen LogP contribution in [0.5, 0.6) is 5.75 Å². The first kappa shape index (κ1) is 18.7. The first-order valence-corrected chi connectivity index (χ1v) is 8.61. The van der Waals surface area contributed by atoms with E-state index in [9.17, 15) is 14.7 Å². The lowest BCUT2D eigenvalue weighted by atomic mass is 9.97. The van der Waals surface area contributed by atoms with Gasteiger partial charge in [0.05, 0.1) is 43.5 Å². The molecule has 27 heavy (non-hydrogen) atoms. The van der Waals surface area contributed by atoms with Gasteiger partial charge in [0.15, 0.2) is 11.6 Å². The molecule has 0 saturated carbocycles. The van der Waals surface area contributed by atoms with Crippen molar-refractivity contribution < 1.29 is 19.4 Å². The zero-order chi connectivity index (χ0) is 19.2. The molecule has 1 N–H and O–H groups in total. The zero-order valence-electron chi connectivity index (χ0n) is 15.0. The number of carbonyl (C=O) groups is 2. The van der Waals surface area contributed by atoms with E-state index < -0.39 is 0 Å². The molecular weight excluding hydrogens is 344 g/mol. The van der Waals surface area contributed by atoms with Gasteiger partial charge in [0, 0.05) is 12.0 Å². The lowest BCUT2D eigenvalue weighted by molar-refractivity contribution is 0.0990. The molecule has 0 amide bonds. The Hall–Kier alpha value is -3.12. The normalized spacial score (nSPS) is 13.1. The molecular formula is C21H20N2O4. The fraction of sp³-hybridized carbons (Fsp3) is 0.238. The van der Waals surface area contributed by atoms with Crippen molar-refractivity contribution in [2.24, 2.45) is 10.2 Å². The molecule has 0 spiro atoms. The SMILES string of the molecule is COc1ccccc1C(=O)CC1=NN=C(CC(=O)c2ccccc2CO)C1. The molecule has 1 heterocycles. The number of Topliss-reactive ketones (excluding diaryl/α,β-unsaturated/α-hetero) is 2. The van der Waals surface area contributed by atoms with Gasteiger partial charge in [-0.1, -0.05) is 36.4 Å². The lowest BCUT2D eigenvalue weighted by Gasteiger charge is -2.07. The number of carbonyl (C=O) groups excluding carboxylic acids is 2. The number of methoxy groups -OCH3 is 1. The van der Waals surface area contributed by atoms with Gasteiger partial charge < -0.3 is 9.84 Å². The summed E-state index contributed by atoms with van der Waals surface area (Å²) in [6, 6.07) is 14.0. The van der Waals surface area contributed by atoms with Crippen molar-refractivity contribution >= 4 is 23.0 Å². The van der Waals surface area contributed by atoms with Crippen molar-refractivity contribution in [2.75, 3.05) is 7.11 Å². The van der Waals surface area contributed by atoms with Crippen LogP contribution in [0.15, 0.2) is 58.7 Å². The largest absolute Gasteiger partial charge is 0.496 e. The number of aliphatic hydroxyl groups excluding tert-OH is 1. The van der Waals surface area contributed by atoms with E-state index in [0.29, 0.717) is 40.3 Å². The molecule has 2 aromatic rings. The van der Waals surface area contributed by atoms with Crippen LogP contribution >= 0.6 is 0 Å². The van der Waals surface area contributed by atoms with Gasteiger partial charge >= 0.3 is 0 Å². The number of hydrogen-bond donors (Lipinski definition) is 1. The Morgan fingerprint density at radius 2 is 1.48 bits per heavy atom. The molecule has 1 aliphatic rings. The van der Waals surface area contributed by atoms with Crippen LogP contribution in [-0.4, -0.2) is 35.2 Å². The summed E-state index contributed by atoms with van der Waals surface area (Å²) in [5.41, 5.74) is 2.83. The first-order chi connectivity index (χ1) is 13.1. The topological polar surface area (TPSA) is 88.3 Å². The number of nitrogens with zero attached hydrogens (tertiary/aromatic N) is 2. The van der Waals surface area contributed by atoms with Gasteiger partial charge in [-0.2, -0.15) is 10.2 Å². The second-order valence-electron chi connectivity index (χ2n) is 6.22. The summed E-state index contributed by atoms with van der Waals surface area (Å²) in [5.74, 6) is 0.309. The summed E-state index contributed by atoms with van der Waals surface area (Å²) in [5, 5.41) is 17.5. The fourth-order valence-electron chi connectivity index (χ4n) is 3.01. The Morgan fingerprint density at radius 1 is 0.926 bits per heavy atom. The van der Waals surface area contributed by atoms with E-state index in [1.807, 2.05) is 0 Å². The van der Waals surface area contributed by atoms with Crippen molar-refractivity contribution in [3.8, 4) is 5.75 Å². The number of ether oxygens (including phenoxy) is 1. The average Bonchev–Trinajstić information content (AvgIpc) is 3.14. The Balaban J connectivity index is 1.60. The number of rotatable bonds is 8. The summed E-state index contributed by atoms with van der Waals surface area (Å²) in [6.07, 6.45) is 0.648. The number of para-hydroxylation sites is 1. The van der Waals surface area contributed by atoms with Crippen LogP contribution in [0.1, 0.15) is 45.5 Å². The van der Waals surface area contributed by atoms with Crippen LogP contribution in [0.25, 0.3) is 0 Å². The molecule has 0 fully saturated rings. The Morgan fingerprint density at radius 3 is 2.11 bits per heavy atom. The molecule has 0 atom stereocenters. The van der Waals surface area contributed by atoms with E-state index in [0.717, 1.165) is 0 Å². The molecule has 6 heteroatoms. The minimum Gasteiger partial charge on any atom is -0.496 e. The van der Waals surface area contributed by atoms with Gasteiger partial charge in [-0.3, -0.25) is 9.59 Å². The quantitative estimate of drug-likeness (QED) is 0.728. The van der Waals surface area contributed by atoms with Gasteiger partial charge in [-0.25, -0.2) is 0 Å². The molecule has 0 unspecified atom stereocenters. The molecule has 0 saturated heterocycles. The average molecular weight is 364 g/mol. The Kier molecular flexibility index (Phi) is 5.88. The summed E-state index contributed by atoms with van der Waals surface area (Å²) in [4.78, 5) is 25.0. The van der Waals surface area contributed by atoms with E-state index in [-0.39, 0.29) is 31.0 Å². The molecule has 0 aromatic heterocycles. The highest BCUT2D eigenvalue weighted by Gasteiger charge is 2.21. The third-order valence-corrected chi connectivity index (χ3v) is 4.37. The van der Waals surface area contributed by atoms with E-state index in [1.54, 1.807) is 48.5 Å². The third-order valence-electron chi connectivity index (χ3n) is 4.37. The van der Waals surface area contributed by atoms with Crippen molar-refractivity contribution in [1.82, 2.24) is 0 Å². The molecule has 6 nitrogen and oxygen atoms in total.